The fourth-order valence-electron chi connectivity index (χ4n) is 2.51. The molecule has 0 radical (unpaired) electrons. The van der Waals surface area contributed by atoms with Gasteiger partial charge in [-0.25, -0.2) is 0 Å². The van der Waals surface area contributed by atoms with Crippen molar-refractivity contribution in [2.45, 2.75) is 40.0 Å². The normalized spacial score (nSPS) is 10.4. The Morgan fingerprint density at radius 1 is 0.957 bits per heavy atom. The van der Waals surface area contributed by atoms with E-state index in [4.69, 9.17) is 0 Å². The number of hydrogen-bond donors (Lipinski definition) is 1. The Kier molecular flexibility index (Phi) is 5.69. The first kappa shape index (κ1) is 16.9. The molecule has 3 nitrogen and oxygen atoms in total. The number of Topliss-reactive ketones (excluding diaryl/α,β-unsaturated/α-hetero) is 1. The highest BCUT2D eigenvalue weighted by atomic mass is 16.2. The van der Waals surface area contributed by atoms with E-state index in [0.717, 1.165) is 28.8 Å². The molecule has 0 aliphatic heterocycles. The van der Waals surface area contributed by atoms with Crippen molar-refractivity contribution in [1.29, 1.82) is 0 Å². The van der Waals surface area contributed by atoms with Crippen LogP contribution in [0.15, 0.2) is 42.5 Å². The summed E-state index contributed by atoms with van der Waals surface area (Å²) in [7, 11) is 0. The van der Waals surface area contributed by atoms with Gasteiger partial charge in [0.15, 0.2) is 5.78 Å². The third kappa shape index (κ3) is 4.52. The molecular weight excluding hydrogens is 286 g/mol. The van der Waals surface area contributed by atoms with E-state index in [1.807, 2.05) is 56.3 Å². The van der Waals surface area contributed by atoms with E-state index in [-0.39, 0.29) is 24.5 Å². The van der Waals surface area contributed by atoms with E-state index in [1.54, 1.807) is 0 Å². The van der Waals surface area contributed by atoms with Crippen LogP contribution in [0.4, 0.5) is 5.69 Å². The number of para-hydroxylation sites is 1. The summed E-state index contributed by atoms with van der Waals surface area (Å²) in [5, 5.41) is 2.95. The number of amides is 1. The average molecular weight is 309 g/mol. The molecule has 1 amide bonds. The van der Waals surface area contributed by atoms with Gasteiger partial charge in [-0.3, -0.25) is 9.59 Å². The van der Waals surface area contributed by atoms with E-state index < -0.39 is 0 Å². The van der Waals surface area contributed by atoms with Crippen LogP contribution < -0.4 is 5.32 Å². The molecule has 2 aromatic carbocycles. The van der Waals surface area contributed by atoms with E-state index in [9.17, 15) is 9.59 Å². The minimum absolute atomic E-state index is 0.000601. The van der Waals surface area contributed by atoms with Gasteiger partial charge < -0.3 is 5.32 Å². The Hall–Kier alpha value is -2.42. The minimum Gasteiger partial charge on any atom is -0.326 e. The van der Waals surface area contributed by atoms with Crippen LogP contribution in [0.25, 0.3) is 0 Å². The molecule has 23 heavy (non-hydrogen) atoms. The van der Waals surface area contributed by atoms with Crippen molar-refractivity contribution >= 4 is 17.4 Å². The van der Waals surface area contributed by atoms with Crippen LogP contribution in [-0.2, 0) is 11.2 Å². The first-order chi connectivity index (χ1) is 11.0. The smallest absolute Gasteiger partial charge is 0.224 e. The zero-order valence-corrected chi connectivity index (χ0v) is 14.0. The fraction of sp³-hybridized carbons (Fsp3) is 0.300. The van der Waals surface area contributed by atoms with Crippen molar-refractivity contribution in [3.8, 4) is 0 Å². The number of hydrogen-bond acceptors (Lipinski definition) is 2. The Labute approximate surface area is 137 Å². The van der Waals surface area contributed by atoms with Crippen LogP contribution in [0, 0.1) is 13.8 Å². The van der Waals surface area contributed by atoms with Gasteiger partial charge >= 0.3 is 0 Å². The predicted molar refractivity (Wildman–Crippen MR) is 93.9 cm³/mol. The summed E-state index contributed by atoms with van der Waals surface area (Å²) in [4.78, 5) is 24.3. The number of benzene rings is 2. The van der Waals surface area contributed by atoms with Crippen molar-refractivity contribution in [2.24, 2.45) is 0 Å². The van der Waals surface area contributed by atoms with E-state index >= 15 is 0 Å². The topological polar surface area (TPSA) is 46.2 Å². The SMILES string of the molecule is CCc1cccc(C)c1NC(=O)CCC(=O)c1ccc(C)cc1. The Morgan fingerprint density at radius 3 is 2.30 bits per heavy atom. The number of nitrogens with one attached hydrogen (secondary N) is 1. The predicted octanol–water partition coefficient (Wildman–Crippen LogP) is 4.47. The van der Waals surface area contributed by atoms with Crippen LogP contribution in [0.2, 0.25) is 0 Å². The number of rotatable bonds is 6. The standard InChI is InChI=1S/C20H23NO2/c1-4-16-7-5-6-15(3)20(16)21-19(23)13-12-18(22)17-10-8-14(2)9-11-17/h5-11H,4,12-13H2,1-3H3,(H,21,23). The van der Waals surface area contributed by atoms with Crippen LogP contribution in [0.1, 0.15) is 46.8 Å². The Morgan fingerprint density at radius 2 is 1.65 bits per heavy atom. The highest BCUT2D eigenvalue weighted by molar-refractivity contribution is 6.00. The van der Waals surface area contributed by atoms with Crippen molar-refractivity contribution in [1.82, 2.24) is 0 Å². The van der Waals surface area contributed by atoms with Gasteiger partial charge in [-0.1, -0.05) is 55.0 Å². The number of carbonyl (C=O) groups excluding carboxylic acids is 2. The molecule has 1 N–H and O–H groups in total. The van der Waals surface area contributed by atoms with E-state index in [2.05, 4.69) is 12.2 Å². The summed E-state index contributed by atoms with van der Waals surface area (Å²) in [6.45, 7) is 6.02. The van der Waals surface area contributed by atoms with Crippen LogP contribution in [0.3, 0.4) is 0 Å². The molecule has 0 aromatic heterocycles. The Bertz CT molecular complexity index is 702. The second-order valence-electron chi connectivity index (χ2n) is 5.80. The van der Waals surface area contributed by atoms with Crippen molar-refractivity contribution in [2.75, 3.05) is 5.32 Å². The first-order valence-corrected chi connectivity index (χ1v) is 7.99. The van der Waals surface area contributed by atoms with Crippen molar-refractivity contribution in [3.05, 3.63) is 64.7 Å². The summed E-state index contributed by atoms with van der Waals surface area (Å²) in [5.74, 6) is -0.116. The van der Waals surface area contributed by atoms with E-state index in [0.29, 0.717) is 5.56 Å². The average Bonchev–Trinajstić information content (AvgIpc) is 2.55. The molecule has 0 bridgehead atoms. The molecule has 120 valence electrons. The molecule has 0 unspecified atom stereocenters. The molecule has 0 aliphatic carbocycles. The molecule has 0 saturated carbocycles. The number of carbonyl (C=O) groups is 2. The monoisotopic (exact) mass is 309 g/mol. The molecule has 0 aliphatic rings. The van der Waals surface area contributed by atoms with Crippen LogP contribution in [0.5, 0.6) is 0 Å². The zero-order chi connectivity index (χ0) is 16.8. The second-order valence-corrected chi connectivity index (χ2v) is 5.80. The third-order valence-corrected chi connectivity index (χ3v) is 3.96. The van der Waals surface area contributed by atoms with Gasteiger partial charge in [0.2, 0.25) is 5.91 Å². The summed E-state index contributed by atoms with van der Waals surface area (Å²) in [6, 6.07) is 13.4. The van der Waals surface area contributed by atoms with Gasteiger partial charge in [0.25, 0.3) is 0 Å². The molecule has 0 saturated heterocycles. The highest BCUT2D eigenvalue weighted by Crippen LogP contribution is 2.21. The Balaban J connectivity index is 1.95. The summed E-state index contributed by atoms with van der Waals surface area (Å²) < 4.78 is 0. The zero-order valence-electron chi connectivity index (χ0n) is 14.0. The maximum atomic E-state index is 12.2. The number of ketones is 1. The molecule has 0 heterocycles. The lowest BCUT2D eigenvalue weighted by molar-refractivity contribution is -0.116. The lowest BCUT2D eigenvalue weighted by Gasteiger charge is -2.12. The largest absolute Gasteiger partial charge is 0.326 e. The first-order valence-electron chi connectivity index (χ1n) is 7.99. The highest BCUT2D eigenvalue weighted by Gasteiger charge is 2.12. The number of anilines is 1. The summed E-state index contributed by atoms with van der Waals surface area (Å²) in [5.41, 5.74) is 4.81. The molecule has 0 spiro atoms. The van der Waals surface area contributed by atoms with Gasteiger partial charge in [0.05, 0.1) is 0 Å². The van der Waals surface area contributed by atoms with Crippen molar-refractivity contribution in [3.63, 3.8) is 0 Å². The summed E-state index contributed by atoms with van der Waals surface area (Å²) >= 11 is 0. The molecule has 0 atom stereocenters. The summed E-state index contributed by atoms with van der Waals surface area (Å²) in [6.07, 6.45) is 1.28. The molecule has 2 aromatic rings. The van der Waals surface area contributed by atoms with Crippen LogP contribution >= 0.6 is 0 Å². The van der Waals surface area contributed by atoms with E-state index in [1.165, 1.54) is 0 Å². The lowest BCUT2D eigenvalue weighted by Crippen LogP contribution is -2.15. The minimum atomic E-state index is -0.116. The third-order valence-electron chi connectivity index (χ3n) is 3.96. The second kappa shape index (κ2) is 7.73. The molecule has 2 rings (SSSR count). The molecule has 3 heteroatoms. The van der Waals surface area contributed by atoms with Crippen molar-refractivity contribution < 1.29 is 9.59 Å². The molecule has 0 fully saturated rings. The van der Waals surface area contributed by atoms with Gasteiger partial charge in [-0.15, -0.1) is 0 Å². The molecular formula is C20H23NO2. The number of aryl methyl sites for hydroxylation is 3. The van der Waals surface area contributed by atoms with Gasteiger partial charge in [0.1, 0.15) is 0 Å². The van der Waals surface area contributed by atoms with Gasteiger partial charge in [-0.2, -0.15) is 0 Å². The fourth-order valence-corrected chi connectivity index (χ4v) is 2.51. The quantitative estimate of drug-likeness (QED) is 0.800. The maximum Gasteiger partial charge on any atom is 0.224 e. The van der Waals surface area contributed by atoms with Gasteiger partial charge in [0, 0.05) is 24.1 Å². The lowest BCUT2D eigenvalue weighted by atomic mass is 10.0. The van der Waals surface area contributed by atoms with Gasteiger partial charge in [-0.05, 0) is 31.4 Å². The van der Waals surface area contributed by atoms with Crippen LogP contribution in [-0.4, -0.2) is 11.7 Å². The maximum absolute atomic E-state index is 12.2.